The molecule has 4 rings (SSSR count). The van der Waals surface area contributed by atoms with E-state index in [1.54, 1.807) is 67.0 Å². The first kappa shape index (κ1) is 26.7. The van der Waals surface area contributed by atoms with E-state index in [1.165, 1.54) is 7.11 Å². The fourth-order valence-corrected chi connectivity index (χ4v) is 4.60. The van der Waals surface area contributed by atoms with E-state index in [9.17, 15) is 4.79 Å². The zero-order valence-corrected chi connectivity index (χ0v) is 22.7. The monoisotopic (exact) mass is 555 g/mol. The van der Waals surface area contributed by atoms with Crippen molar-refractivity contribution in [2.75, 3.05) is 7.11 Å². The van der Waals surface area contributed by atoms with Crippen molar-refractivity contribution in [1.82, 2.24) is 9.78 Å². The number of carbonyl (C=O) groups is 1. The molecule has 190 valence electrons. The quantitative estimate of drug-likeness (QED) is 0.162. The summed E-state index contributed by atoms with van der Waals surface area (Å²) in [5.74, 6) is 0.165. The molecule has 0 radical (unpaired) electrons. The molecule has 0 saturated heterocycles. The minimum atomic E-state index is -0.409. The van der Waals surface area contributed by atoms with Crippen LogP contribution in [0.2, 0.25) is 15.1 Å². The topological polar surface area (TPSA) is 65.7 Å². The first-order valence-corrected chi connectivity index (χ1v) is 12.6. The molecule has 0 aliphatic heterocycles. The van der Waals surface area contributed by atoms with Crippen LogP contribution >= 0.6 is 34.8 Å². The fraction of sp³-hybridized carbons (Fsp3) is 0.179. The highest BCUT2D eigenvalue weighted by Crippen LogP contribution is 2.38. The lowest BCUT2D eigenvalue weighted by atomic mass is 10.1. The third kappa shape index (κ3) is 6.16. The highest BCUT2D eigenvalue weighted by atomic mass is 35.5. The second kappa shape index (κ2) is 11.8. The summed E-state index contributed by atoms with van der Waals surface area (Å²) < 4.78 is 12.8. The van der Waals surface area contributed by atoms with Crippen LogP contribution in [0, 0.1) is 0 Å². The SMILES string of the molecule is COC(=O)c1cccc(C=Nc2ccc(OCc3c(-c4c(Cl)cccc4Cl)cnn3C(C)C)cc2Cl)c1. The Morgan fingerprint density at radius 2 is 1.76 bits per heavy atom. The molecule has 0 aliphatic rings. The first-order chi connectivity index (χ1) is 17.8. The number of nitrogens with zero attached hydrogens (tertiary/aromatic N) is 3. The maximum absolute atomic E-state index is 11.8. The summed E-state index contributed by atoms with van der Waals surface area (Å²) in [4.78, 5) is 16.2. The molecule has 0 unspecified atom stereocenters. The predicted molar refractivity (Wildman–Crippen MR) is 149 cm³/mol. The zero-order chi connectivity index (χ0) is 26.5. The van der Waals surface area contributed by atoms with Gasteiger partial charge in [0.25, 0.3) is 0 Å². The van der Waals surface area contributed by atoms with Gasteiger partial charge in [0, 0.05) is 29.4 Å². The Balaban J connectivity index is 1.54. The van der Waals surface area contributed by atoms with Crippen LogP contribution in [0.5, 0.6) is 5.75 Å². The standard InChI is InChI=1S/C28H24Cl3N3O3/c1-17(2)34-26(21(15-33-34)27-22(29)8-5-9-23(27)30)16-37-20-10-11-25(24(31)13-20)32-14-18-6-4-7-19(12-18)28(35)36-3/h4-15,17H,16H2,1-3H3. The number of hydrogen-bond donors (Lipinski definition) is 0. The van der Waals surface area contributed by atoms with Crippen LogP contribution in [0.1, 0.15) is 41.5 Å². The molecule has 0 N–H and O–H groups in total. The largest absolute Gasteiger partial charge is 0.487 e. The van der Waals surface area contributed by atoms with Gasteiger partial charge in [-0.2, -0.15) is 5.10 Å². The van der Waals surface area contributed by atoms with Gasteiger partial charge in [-0.15, -0.1) is 0 Å². The van der Waals surface area contributed by atoms with Crippen LogP contribution < -0.4 is 4.74 Å². The van der Waals surface area contributed by atoms with Crippen molar-refractivity contribution in [2.45, 2.75) is 26.5 Å². The summed E-state index contributed by atoms with van der Waals surface area (Å²) in [6.07, 6.45) is 3.39. The Labute approximate surface area is 230 Å². The average molecular weight is 557 g/mol. The lowest BCUT2D eigenvalue weighted by Gasteiger charge is -2.15. The number of methoxy groups -OCH3 is 1. The normalized spacial score (nSPS) is 11.3. The summed E-state index contributed by atoms with van der Waals surface area (Å²) >= 11 is 19.4. The van der Waals surface area contributed by atoms with E-state index in [0.717, 1.165) is 22.4 Å². The van der Waals surface area contributed by atoms with Gasteiger partial charge in [0.15, 0.2) is 0 Å². The van der Waals surface area contributed by atoms with Gasteiger partial charge in [-0.05, 0) is 55.8 Å². The van der Waals surface area contributed by atoms with Crippen molar-refractivity contribution < 1.29 is 14.3 Å². The van der Waals surface area contributed by atoms with Crippen molar-refractivity contribution in [3.05, 3.63) is 98.7 Å². The molecule has 3 aromatic carbocycles. The van der Waals surface area contributed by atoms with Crippen LogP contribution in [-0.4, -0.2) is 29.1 Å². The van der Waals surface area contributed by atoms with E-state index in [2.05, 4.69) is 10.1 Å². The zero-order valence-electron chi connectivity index (χ0n) is 20.4. The molecular formula is C28H24Cl3N3O3. The van der Waals surface area contributed by atoms with Crippen LogP contribution in [0.25, 0.3) is 11.1 Å². The first-order valence-electron chi connectivity index (χ1n) is 11.4. The molecule has 0 spiro atoms. The minimum Gasteiger partial charge on any atom is -0.487 e. The smallest absolute Gasteiger partial charge is 0.337 e. The van der Waals surface area contributed by atoms with Crippen LogP contribution in [0.15, 0.2) is 71.9 Å². The maximum atomic E-state index is 11.8. The van der Waals surface area contributed by atoms with Crippen molar-refractivity contribution >= 4 is 52.7 Å². The number of halogens is 3. The number of rotatable bonds is 8. The molecule has 1 aromatic heterocycles. The molecule has 0 aliphatic carbocycles. The summed E-state index contributed by atoms with van der Waals surface area (Å²) in [7, 11) is 1.34. The Morgan fingerprint density at radius 1 is 1.03 bits per heavy atom. The van der Waals surface area contributed by atoms with E-state index in [0.29, 0.717) is 32.1 Å². The molecule has 0 saturated carbocycles. The molecule has 4 aromatic rings. The van der Waals surface area contributed by atoms with E-state index >= 15 is 0 Å². The molecular weight excluding hydrogens is 533 g/mol. The van der Waals surface area contributed by atoms with Gasteiger partial charge >= 0.3 is 5.97 Å². The maximum Gasteiger partial charge on any atom is 0.337 e. The molecule has 9 heteroatoms. The van der Waals surface area contributed by atoms with Gasteiger partial charge in [0.05, 0.1) is 45.3 Å². The highest BCUT2D eigenvalue weighted by molar-refractivity contribution is 6.39. The van der Waals surface area contributed by atoms with Gasteiger partial charge in [-0.25, -0.2) is 4.79 Å². The molecule has 0 fully saturated rings. The van der Waals surface area contributed by atoms with Crippen LogP contribution in [0.3, 0.4) is 0 Å². The van der Waals surface area contributed by atoms with E-state index in [4.69, 9.17) is 44.3 Å². The van der Waals surface area contributed by atoms with Crippen molar-refractivity contribution in [3.8, 4) is 16.9 Å². The lowest BCUT2D eigenvalue weighted by Crippen LogP contribution is -2.10. The van der Waals surface area contributed by atoms with Crippen LogP contribution in [0.4, 0.5) is 5.69 Å². The molecule has 1 heterocycles. The van der Waals surface area contributed by atoms with Gasteiger partial charge in [-0.3, -0.25) is 9.67 Å². The number of aromatic nitrogens is 2. The predicted octanol–water partition coefficient (Wildman–Crippen LogP) is 8.21. The van der Waals surface area contributed by atoms with Crippen molar-refractivity contribution in [3.63, 3.8) is 0 Å². The summed E-state index contributed by atoms with van der Waals surface area (Å²) in [5, 5.41) is 6.04. The Kier molecular flexibility index (Phi) is 8.54. The third-order valence-corrected chi connectivity index (χ3v) is 6.51. The number of esters is 1. The van der Waals surface area contributed by atoms with E-state index in [1.807, 2.05) is 24.6 Å². The van der Waals surface area contributed by atoms with Gasteiger partial charge in [-0.1, -0.05) is 53.0 Å². The molecule has 6 nitrogen and oxygen atoms in total. The van der Waals surface area contributed by atoms with E-state index in [-0.39, 0.29) is 12.6 Å². The van der Waals surface area contributed by atoms with Gasteiger partial charge < -0.3 is 9.47 Å². The number of ether oxygens (including phenoxy) is 2. The molecule has 0 bridgehead atoms. The summed E-state index contributed by atoms with van der Waals surface area (Å²) in [6.45, 7) is 4.31. The summed E-state index contributed by atoms with van der Waals surface area (Å²) in [6, 6.07) is 17.7. The van der Waals surface area contributed by atoms with Crippen LogP contribution in [-0.2, 0) is 11.3 Å². The Hall–Kier alpha value is -3.32. The Morgan fingerprint density at radius 3 is 2.43 bits per heavy atom. The number of aliphatic imine (C=N–C) groups is 1. The third-order valence-electron chi connectivity index (χ3n) is 5.58. The lowest BCUT2D eigenvalue weighted by molar-refractivity contribution is 0.0600. The molecule has 0 amide bonds. The fourth-order valence-electron chi connectivity index (χ4n) is 3.78. The second-order valence-electron chi connectivity index (χ2n) is 8.42. The van der Waals surface area contributed by atoms with Gasteiger partial charge in [0.1, 0.15) is 12.4 Å². The molecule has 0 atom stereocenters. The number of benzene rings is 3. The molecule has 37 heavy (non-hydrogen) atoms. The van der Waals surface area contributed by atoms with Gasteiger partial charge in [0.2, 0.25) is 0 Å². The second-order valence-corrected chi connectivity index (χ2v) is 9.64. The Bertz CT molecular complexity index is 1440. The van der Waals surface area contributed by atoms with Crippen molar-refractivity contribution in [2.24, 2.45) is 4.99 Å². The van der Waals surface area contributed by atoms with Crippen molar-refractivity contribution in [1.29, 1.82) is 0 Å². The number of hydrogen-bond acceptors (Lipinski definition) is 5. The van der Waals surface area contributed by atoms with E-state index < -0.39 is 5.97 Å². The average Bonchev–Trinajstić information content (AvgIpc) is 3.30. The minimum absolute atomic E-state index is 0.103. The number of carbonyl (C=O) groups excluding carboxylic acids is 1. The summed E-state index contributed by atoms with van der Waals surface area (Å²) in [5.41, 5.74) is 4.12. The highest BCUT2D eigenvalue weighted by Gasteiger charge is 2.19.